The number of aromatic nitrogens is 1. The van der Waals surface area contributed by atoms with Crippen LogP contribution in [0.2, 0.25) is 0 Å². The molecule has 1 saturated heterocycles. The fourth-order valence-electron chi connectivity index (χ4n) is 3.89. The minimum Gasteiger partial charge on any atom is -0.338 e. The Kier molecular flexibility index (Phi) is 6.34. The minimum atomic E-state index is -0.380. The van der Waals surface area contributed by atoms with Crippen molar-refractivity contribution in [2.45, 2.75) is 12.8 Å². The molecule has 9 heteroatoms. The van der Waals surface area contributed by atoms with Gasteiger partial charge in [0.1, 0.15) is 11.5 Å². The van der Waals surface area contributed by atoms with Gasteiger partial charge in [-0.2, -0.15) is 0 Å². The highest BCUT2D eigenvalue weighted by molar-refractivity contribution is 7.24. The lowest BCUT2D eigenvalue weighted by atomic mass is 9.96. The van der Waals surface area contributed by atoms with Crippen LogP contribution in [-0.4, -0.2) is 34.8 Å². The molecule has 1 atom stereocenters. The maximum Gasteiger partial charge on any atom is 0.253 e. The summed E-state index contributed by atoms with van der Waals surface area (Å²) in [5.74, 6) is -1.00. The van der Waals surface area contributed by atoms with E-state index in [4.69, 9.17) is 4.98 Å². The molecule has 5 nitrogen and oxygen atoms in total. The van der Waals surface area contributed by atoms with Gasteiger partial charge >= 0.3 is 0 Å². The van der Waals surface area contributed by atoms with Gasteiger partial charge in [0.25, 0.3) is 5.91 Å². The first-order valence-electron chi connectivity index (χ1n) is 10.5. The van der Waals surface area contributed by atoms with E-state index in [9.17, 15) is 14.0 Å². The van der Waals surface area contributed by atoms with Crippen LogP contribution in [0.4, 0.5) is 9.52 Å². The van der Waals surface area contributed by atoms with Crippen LogP contribution in [0.25, 0.3) is 20.3 Å². The molecular formula is C24H20FN3O2S3. The molecule has 3 aromatic heterocycles. The molecular weight excluding hydrogens is 477 g/mol. The summed E-state index contributed by atoms with van der Waals surface area (Å²) < 4.78 is 13.2. The smallest absolute Gasteiger partial charge is 0.253 e. The molecule has 4 heterocycles. The summed E-state index contributed by atoms with van der Waals surface area (Å²) in [6.07, 6.45) is 1.45. The van der Waals surface area contributed by atoms with Crippen LogP contribution in [-0.2, 0) is 4.79 Å². The molecule has 33 heavy (non-hydrogen) atoms. The summed E-state index contributed by atoms with van der Waals surface area (Å²) in [5, 5.41) is 7.60. The van der Waals surface area contributed by atoms with Crippen molar-refractivity contribution in [1.82, 2.24) is 9.88 Å². The number of amides is 2. The summed E-state index contributed by atoms with van der Waals surface area (Å²) >= 11 is 4.73. The van der Waals surface area contributed by atoms with E-state index < -0.39 is 0 Å². The van der Waals surface area contributed by atoms with E-state index in [1.54, 1.807) is 27.6 Å². The number of hydrogen-bond donors (Lipinski definition) is 1. The molecule has 2 amide bonds. The number of rotatable bonds is 5. The van der Waals surface area contributed by atoms with Crippen molar-refractivity contribution >= 4 is 51.0 Å². The van der Waals surface area contributed by atoms with Gasteiger partial charge in [-0.3, -0.25) is 9.59 Å². The first kappa shape index (κ1) is 21.9. The summed E-state index contributed by atoms with van der Waals surface area (Å²) in [5.41, 5.74) is 1.31. The number of hydrogen-bond acceptors (Lipinski definition) is 6. The van der Waals surface area contributed by atoms with Crippen LogP contribution in [0, 0.1) is 11.7 Å². The van der Waals surface area contributed by atoms with Gasteiger partial charge in [-0.1, -0.05) is 23.5 Å². The molecule has 0 aliphatic carbocycles. The average molecular weight is 498 g/mol. The maximum absolute atomic E-state index is 13.2. The standard InChI is InChI=1S/C24H20FN3O2S3/c25-17-9-7-15(8-10-17)23(30)28-11-1-4-16(14-28)22(29)27-24-26-20(18-5-2-12-31-18)21(33-24)19-6-3-13-32-19/h2-3,5-10,12-13,16H,1,4,11,14H2,(H,26,27,29)/t16-/m0/s1. The number of nitrogens with one attached hydrogen (secondary N) is 1. The normalized spacial score (nSPS) is 16.0. The summed E-state index contributed by atoms with van der Waals surface area (Å²) in [7, 11) is 0. The first-order chi connectivity index (χ1) is 16.1. The Morgan fingerprint density at radius 1 is 1.03 bits per heavy atom. The van der Waals surface area contributed by atoms with Crippen LogP contribution in [0.5, 0.6) is 0 Å². The Morgan fingerprint density at radius 2 is 1.76 bits per heavy atom. The number of piperidine rings is 1. The molecule has 0 bridgehead atoms. The average Bonchev–Trinajstić information content (AvgIpc) is 3.60. The molecule has 0 radical (unpaired) electrons. The van der Waals surface area contributed by atoms with E-state index >= 15 is 0 Å². The number of thiophene rings is 2. The second-order valence-electron chi connectivity index (χ2n) is 7.74. The van der Waals surface area contributed by atoms with Crippen LogP contribution >= 0.6 is 34.0 Å². The minimum absolute atomic E-state index is 0.129. The zero-order valence-electron chi connectivity index (χ0n) is 17.5. The molecule has 1 fully saturated rings. The molecule has 1 aliphatic heterocycles. The lowest BCUT2D eigenvalue weighted by molar-refractivity contribution is -0.121. The highest BCUT2D eigenvalue weighted by Gasteiger charge is 2.30. The zero-order chi connectivity index (χ0) is 22.8. The Bertz CT molecular complexity index is 1200. The van der Waals surface area contributed by atoms with E-state index in [1.165, 1.54) is 35.6 Å². The van der Waals surface area contributed by atoms with Gasteiger partial charge in [0.05, 0.1) is 15.7 Å². The second kappa shape index (κ2) is 9.54. The van der Waals surface area contributed by atoms with Gasteiger partial charge < -0.3 is 10.2 Å². The van der Waals surface area contributed by atoms with Crippen molar-refractivity contribution in [2.24, 2.45) is 5.92 Å². The molecule has 0 unspecified atom stereocenters. The molecule has 4 aromatic rings. The van der Waals surface area contributed by atoms with E-state index in [1.807, 2.05) is 29.0 Å². The van der Waals surface area contributed by atoms with Gasteiger partial charge in [0.2, 0.25) is 5.91 Å². The Morgan fingerprint density at radius 3 is 2.45 bits per heavy atom. The third kappa shape index (κ3) is 4.75. The lowest BCUT2D eigenvalue weighted by Gasteiger charge is -2.32. The van der Waals surface area contributed by atoms with Crippen LogP contribution in [0.1, 0.15) is 23.2 Å². The van der Waals surface area contributed by atoms with Crippen LogP contribution in [0.3, 0.4) is 0 Å². The van der Waals surface area contributed by atoms with Crippen molar-refractivity contribution in [3.05, 3.63) is 70.7 Å². The summed E-state index contributed by atoms with van der Waals surface area (Å²) in [4.78, 5) is 35.5. The third-order valence-electron chi connectivity index (χ3n) is 5.53. The molecule has 0 saturated carbocycles. The Balaban J connectivity index is 1.32. The fraction of sp³-hybridized carbons (Fsp3) is 0.208. The van der Waals surface area contributed by atoms with Crippen molar-refractivity contribution in [3.8, 4) is 20.3 Å². The Labute approximate surface area is 202 Å². The number of likely N-dealkylation sites (tertiary alicyclic amines) is 1. The van der Waals surface area contributed by atoms with Gasteiger partial charge in [0.15, 0.2) is 5.13 Å². The number of nitrogens with zero attached hydrogens (tertiary/aromatic N) is 2. The second-order valence-corrected chi connectivity index (χ2v) is 10.6. The third-order valence-corrected chi connectivity index (χ3v) is 8.42. The Hall–Kier alpha value is -2.88. The predicted molar refractivity (Wildman–Crippen MR) is 132 cm³/mol. The molecule has 168 valence electrons. The van der Waals surface area contributed by atoms with E-state index in [0.29, 0.717) is 30.2 Å². The number of benzene rings is 1. The number of halogens is 1. The van der Waals surface area contributed by atoms with Gasteiger partial charge in [-0.25, -0.2) is 9.37 Å². The molecule has 5 rings (SSSR count). The monoisotopic (exact) mass is 497 g/mol. The molecule has 1 aliphatic rings. The van der Waals surface area contributed by atoms with Crippen LogP contribution < -0.4 is 5.32 Å². The molecule has 0 spiro atoms. The quantitative estimate of drug-likeness (QED) is 0.356. The van der Waals surface area contributed by atoms with Crippen molar-refractivity contribution in [2.75, 3.05) is 18.4 Å². The summed E-state index contributed by atoms with van der Waals surface area (Å²) in [6, 6.07) is 13.6. The van der Waals surface area contributed by atoms with Gasteiger partial charge in [-0.15, -0.1) is 22.7 Å². The lowest BCUT2D eigenvalue weighted by Crippen LogP contribution is -2.43. The highest BCUT2D eigenvalue weighted by Crippen LogP contribution is 2.42. The van der Waals surface area contributed by atoms with Gasteiger partial charge in [0, 0.05) is 23.5 Å². The predicted octanol–water partition coefficient (Wildman–Crippen LogP) is 6.23. The zero-order valence-corrected chi connectivity index (χ0v) is 19.9. The van der Waals surface area contributed by atoms with Gasteiger partial charge in [-0.05, 0) is 60.0 Å². The molecule has 1 N–H and O–H groups in total. The highest BCUT2D eigenvalue weighted by atomic mass is 32.1. The maximum atomic E-state index is 13.2. The topological polar surface area (TPSA) is 62.3 Å². The van der Waals surface area contributed by atoms with Crippen molar-refractivity contribution < 1.29 is 14.0 Å². The molecule has 1 aromatic carbocycles. The number of carbonyl (C=O) groups excluding carboxylic acids is 2. The van der Waals surface area contributed by atoms with E-state index in [-0.39, 0.29) is 23.5 Å². The van der Waals surface area contributed by atoms with Crippen molar-refractivity contribution in [1.29, 1.82) is 0 Å². The largest absolute Gasteiger partial charge is 0.338 e. The van der Waals surface area contributed by atoms with Crippen molar-refractivity contribution in [3.63, 3.8) is 0 Å². The SMILES string of the molecule is O=C(Nc1nc(-c2cccs2)c(-c2cccs2)s1)[C@H]1CCCN(C(=O)c2ccc(F)cc2)C1. The van der Waals surface area contributed by atoms with E-state index in [0.717, 1.165) is 26.7 Å². The summed E-state index contributed by atoms with van der Waals surface area (Å²) in [6.45, 7) is 0.922. The van der Waals surface area contributed by atoms with E-state index in [2.05, 4.69) is 11.4 Å². The van der Waals surface area contributed by atoms with Crippen LogP contribution in [0.15, 0.2) is 59.3 Å². The number of anilines is 1. The number of carbonyl (C=O) groups is 2. The first-order valence-corrected chi connectivity index (χ1v) is 13.1. The number of thiazole rings is 1. The fourth-order valence-corrected chi connectivity index (χ4v) is 6.51.